The van der Waals surface area contributed by atoms with Gasteiger partial charge in [0.2, 0.25) is 23.0 Å². The normalized spacial score (nSPS) is 22.9. The molecule has 0 spiro atoms. The highest BCUT2D eigenvalue weighted by atomic mass is 16.6. The van der Waals surface area contributed by atoms with Crippen LogP contribution in [0.15, 0.2) is 97.3 Å². The minimum absolute atomic E-state index is 0.335. The van der Waals surface area contributed by atoms with Crippen molar-refractivity contribution < 1.29 is 14.3 Å². The number of hydrogen-bond acceptors (Lipinski definition) is 7. The third-order valence-electron chi connectivity index (χ3n) is 5.96. The Balaban J connectivity index is 1.57. The Morgan fingerprint density at radius 3 is 1.39 bits per heavy atom. The van der Waals surface area contributed by atoms with E-state index in [1.54, 1.807) is 85.2 Å². The standard InChI is InChI=1S/C26H18N4O3/c31-23-17-9-1-3-11-19(17)29-25(23,21-13-5-7-15-27-21)33-26(22-14-6-8-16-28-22)24(32)18-10-2-4-12-20(18)30-26/h1-16,29-30H/t25-,26-/m1/s1. The van der Waals surface area contributed by atoms with Crippen LogP contribution in [0.1, 0.15) is 32.1 Å². The number of aromatic nitrogens is 2. The van der Waals surface area contributed by atoms with Gasteiger partial charge >= 0.3 is 0 Å². The molecule has 2 N–H and O–H groups in total. The molecule has 0 unspecified atom stereocenters. The van der Waals surface area contributed by atoms with Crippen LogP contribution in [0.2, 0.25) is 0 Å². The van der Waals surface area contributed by atoms with E-state index >= 15 is 0 Å². The Bertz CT molecular complexity index is 1290. The molecule has 2 aromatic heterocycles. The molecule has 2 aliphatic heterocycles. The number of fused-ring (bicyclic) bond motifs is 2. The first-order valence-corrected chi connectivity index (χ1v) is 10.5. The summed E-state index contributed by atoms with van der Waals surface area (Å²) in [7, 11) is 0. The number of ether oxygens (including phenoxy) is 1. The van der Waals surface area contributed by atoms with Crippen molar-refractivity contribution in [3.63, 3.8) is 0 Å². The average Bonchev–Trinajstić information content (AvgIpc) is 3.33. The number of hydrogen-bond donors (Lipinski definition) is 2. The lowest BCUT2D eigenvalue weighted by Crippen LogP contribution is -2.54. The number of Topliss-reactive ketones (excluding diaryl/α,β-unsaturated/α-hetero) is 2. The number of nitrogens with one attached hydrogen (secondary N) is 2. The van der Waals surface area contributed by atoms with Gasteiger partial charge in [-0.25, -0.2) is 0 Å². The minimum atomic E-state index is -1.74. The van der Waals surface area contributed by atoms with E-state index in [1.165, 1.54) is 0 Å². The second-order valence-corrected chi connectivity index (χ2v) is 7.89. The van der Waals surface area contributed by atoms with E-state index in [4.69, 9.17) is 4.74 Å². The number of nitrogens with zero attached hydrogens (tertiary/aromatic N) is 2. The second-order valence-electron chi connectivity index (χ2n) is 7.89. The van der Waals surface area contributed by atoms with Crippen molar-refractivity contribution in [2.45, 2.75) is 11.4 Å². The van der Waals surface area contributed by atoms with E-state index in [-0.39, 0.29) is 11.6 Å². The first kappa shape index (κ1) is 19.3. The summed E-state index contributed by atoms with van der Waals surface area (Å²) in [6.45, 7) is 0. The molecule has 2 aliphatic rings. The van der Waals surface area contributed by atoms with Crippen molar-refractivity contribution in [1.29, 1.82) is 0 Å². The summed E-state index contributed by atoms with van der Waals surface area (Å²) >= 11 is 0. The van der Waals surface area contributed by atoms with E-state index in [1.807, 2.05) is 12.1 Å². The molecule has 160 valence electrons. The molecular formula is C26H18N4O3. The molecule has 7 heteroatoms. The zero-order valence-corrected chi connectivity index (χ0v) is 17.4. The summed E-state index contributed by atoms with van der Waals surface area (Å²) in [6, 6.07) is 24.8. The van der Waals surface area contributed by atoms with Crippen LogP contribution in [-0.4, -0.2) is 21.5 Å². The molecular weight excluding hydrogens is 416 g/mol. The lowest BCUT2D eigenvalue weighted by Gasteiger charge is -2.37. The number of anilines is 2. The van der Waals surface area contributed by atoms with Crippen LogP contribution in [0.25, 0.3) is 0 Å². The highest BCUT2D eigenvalue weighted by molar-refractivity contribution is 6.15. The molecule has 2 atom stereocenters. The molecule has 0 saturated carbocycles. The van der Waals surface area contributed by atoms with Gasteiger partial charge in [0.1, 0.15) is 11.4 Å². The summed E-state index contributed by atoms with van der Waals surface area (Å²) in [5, 5.41) is 6.46. The number of pyridine rings is 2. The third-order valence-corrected chi connectivity index (χ3v) is 5.96. The summed E-state index contributed by atoms with van der Waals surface area (Å²) in [4.78, 5) is 36.6. The van der Waals surface area contributed by atoms with Gasteiger partial charge < -0.3 is 15.4 Å². The van der Waals surface area contributed by atoms with E-state index in [0.29, 0.717) is 33.9 Å². The van der Waals surface area contributed by atoms with Crippen molar-refractivity contribution in [3.8, 4) is 0 Å². The zero-order chi connectivity index (χ0) is 22.5. The number of para-hydroxylation sites is 2. The van der Waals surface area contributed by atoms with Crippen LogP contribution in [0, 0.1) is 0 Å². The summed E-state index contributed by atoms with van der Waals surface area (Å²) in [5.74, 6) is -0.671. The van der Waals surface area contributed by atoms with Gasteiger partial charge in [-0.15, -0.1) is 0 Å². The summed E-state index contributed by atoms with van der Waals surface area (Å²) in [6.07, 6.45) is 3.18. The molecule has 4 heterocycles. The zero-order valence-electron chi connectivity index (χ0n) is 17.4. The summed E-state index contributed by atoms with van der Waals surface area (Å²) in [5.41, 5.74) is -0.677. The van der Waals surface area contributed by atoms with Crippen LogP contribution < -0.4 is 10.6 Å². The van der Waals surface area contributed by atoms with Gasteiger partial charge in [-0.05, 0) is 48.5 Å². The van der Waals surface area contributed by atoms with Gasteiger partial charge in [0.25, 0.3) is 0 Å². The maximum atomic E-state index is 13.9. The van der Waals surface area contributed by atoms with Gasteiger partial charge in [0.05, 0.1) is 0 Å². The Labute approximate surface area is 189 Å². The van der Waals surface area contributed by atoms with Gasteiger partial charge in [-0.2, -0.15) is 0 Å². The van der Waals surface area contributed by atoms with Crippen molar-refractivity contribution in [2.75, 3.05) is 10.6 Å². The molecule has 2 aromatic carbocycles. The fourth-order valence-electron chi connectivity index (χ4n) is 4.43. The lowest BCUT2D eigenvalue weighted by atomic mass is 9.97. The van der Waals surface area contributed by atoms with Gasteiger partial charge in [0.15, 0.2) is 0 Å². The van der Waals surface area contributed by atoms with Gasteiger partial charge in [-0.1, -0.05) is 36.4 Å². The summed E-state index contributed by atoms with van der Waals surface area (Å²) < 4.78 is 6.66. The molecule has 7 nitrogen and oxygen atoms in total. The van der Waals surface area contributed by atoms with Crippen molar-refractivity contribution in [3.05, 3.63) is 120 Å². The van der Waals surface area contributed by atoms with Crippen LogP contribution in [0.4, 0.5) is 11.4 Å². The molecule has 0 aliphatic carbocycles. The maximum absolute atomic E-state index is 13.9. The predicted octanol–water partition coefficient (Wildman–Crippen LogP) is 4.12. The third kappa shape index (κ3) is 2.73. The molecule has 0 bridgehead atoms. The number of carbonyl (C=O) groups is 2. The lowest BCUT2D eigenvalue weighted by molar-refractivity contribution is -0.0941. The van der Waals surface area contributed by atoms with E-state index in [2.05, 4.69) is 20.6 Å². The largest absolute Gasteiger partial charge is 0.345 e. The van der Waals surface area contributed by atoms with Crippen molar-refractivity contribution >= 4 is 22.9 Å². The number of carbonyl (C=O) groups excluding carboxylic acids is 2. The average molecular weight is 434 g/mol. The second kappa shape index (κ2) is 7.08. The molecule has 0 saturated heterocycles. The SMILES string of the molecule is O=C1c2ccccc2N[C@@]1(O[C@@]1(c2ccccn2)Nc2ccccc2C1=O)c1ccccn1. The van der Waals surface area contributed by atoms with Crippen LogP contribution in [0.3, 0.4) is 0 Å². The van der Waals surface area contributed by atoms with Crippen molar-refractivity contribution in [2.24, 2.45) is 0 Å². The maximum Gasteiger partial charge on any atom is 0.250 e. The number of ketones is 2. The quantitative estimate of drug-likeness (QED) is 0.499. The highest BCUT2D eigenvalue weighted by Crippen LogP contribution is 2.48. The molecule has 33 heavy (non-hydrogen) atoms. The first-order chi connectivity index (χ1) is 16.1. The molecule has 0 amide bonds. The smallest absolute Gasteiger partial charge is 0.250 e. The van der Waals surface area contributed by atoms with Gasteiger partial charge in [-0.3, -0.25) is 19.6 Å². The Morgan fingerprint density at radius 2 is 1.00 bits per heavy atom. The Hall–Kier alpha value is -4.36. The van der Waals surface area contributed by atoms with E-state index in [0.717, 1.165) is 0 Å². The monoisotopic (exact) mass is 434 g/mol. The fraction of sp³-hybridized carbons (Fsp3) is 0.0769. The first-order valence-electron chi connectivity index (χ1n) is 10.5. The fourth-order valence-corrected chi connectivity index (χ4v) is 4.43. The number of benzene rings is 2. The molecule has 0 fully saturated rings. The van der Waals surface area contributed by atoms with Crippen LogP contribution >= 0.6 is 0 Å². The van der Waals surface area contributed by atoms with Crippen molar-refractivity contribution in [1.82, 2.24) is 9.97 Å². The minimum Gasteiger partial charge on any atom is -0.345 e. The number of rotatable bonds is 4. The van der Waals surface area contributed by atoms with Gasteiger partial charge in [0, 0.05) is 34.9 Å². The molecule has 6 rings (SSSR count). The van der Waals surface area contributed by atoms with E-state index < -0.39 is 11.4 Å². The van der Waals surface area contributed by atoms with Crippen LogP contribution in [-0.2, 0) is 16.2 Å². The van der Waals surface area contributed by atoms with Crippen LogP contribution in [0.5, 0.6) is 0 Å². The Morgan fingerprint density at radius 1 is 0.576 bits per heavy atom. The predicted molar refractivity (Wildman–Crippen MR) is 122 cm³/mol. The Kier molecular flexibility index (Phi) is 4.15. The molecule has 0 radical (unpaired) electrons. The highest BCUT2D eigenvalue weighted by Gasteiger charge is 2.60. The van der Waals surface area contributed by atoms with E-state index in [9.17, 15) is 9.59 Å². The molecule has 4 aromatic rings. The topological polar surface area (TPSA) is 93.2 Å².